The molecule has 1 saturated heterocycles. The Kier molecular flexibility index (Phi) is 4.15. The van der Waals surface area contributed by atoms with E-state index < -0.39 is 0 Å². The normalized spacial score (nSPS) is 35.7. The second-order valence-corrected chi connectivity index (χ2v) is 8.23. The molecule has 1 heterocycles. The van der Waals surface area contributed by atoms with Crippen LogP contribution < -0.4 is 4.74 Å². The molecule has 0 radical (unpaired) electrons. The zero-order valence-electron chi connectivity index (χ0n) is 15.7. The highest BCUT2D eigenvalue weighted by Crippen LogP contribution is 2.65. The molecule has 0 N–H and O–H groups in total. The molecule has 4 rings (SSSR count). The first kappa shape index (κ1) is 16.4. The summed E-state index contributed by atoms with van der Waals surface area (Å²) in [6.45, 7) is 7.26. The van der Waals surface area contributed by atoms with E-state index in [1.165, 1.54) is 70.0 Å². The summed E-state index contributed by atoms with van der Waals surface area (Å²) in [6.07, 6.45) is 10.9. The second-order valence-electron chi connectivity index (χ2n) is 8.23. The summed E-state index contributed by atoms with van der Waals surface area (Å²) in [5.41, 5.74) is 4.08. The minimum atomic E-state index is 0.402. The Bertz CT molecular complexity index is 612. The van der Waals surface area contributed by atoms with Crippen molar-refractivity contribution in [1.82, 2.24) is 4.90 Å². The fourth-order valence-electron chi connectivity index (χ4n) is 6.96. The predicted octanol–water partition coefficient (Wildman–Crippen LogP) is 4.94. The highest BCUT2D eigenvalue weighted by molar-refractivity contribution is 5.49. The Labute approximate surface area is 147 Å². The summed E-state index contributed by atoms with van der Waals surface area (Å²) in [5, 5.41) is 0. The van der Waals surface area contributed by atoms with Gasteiger partial charge >= 0.3 is 0 Å². The van der Waals surface area contributed by atoms with Gasteiger partial charge in [-0.2, -0.15) is 0 Å². The minimum absolute atomic E-state index is 0.402. The van der Waals surface area contributed by atoms with Gasteiger partial charge in [-0.15, -0.1) is 0 Å². The van der Waals surface area contributed by atoms with Gasteiger partial charge in [0, 0.05) is 11.5 Å². The maximum atomic E-state index is 5.75. The maximum Gasteiger partial charge on any atom is 0.122 e. The Morgan fingerprint density at radius 2 is 1.96 bits per heavy atom. The van der Waals surface area contributed by atoms with Gasteiger partial charge in [0.25, 0.3) is 0 Å². The van der Waals surface area contributed by atoms with Crippen LogP contribution in [0.25, 0.3) is 0 Å². The van der Waals surface area contributed by atoms with Crippen LogP contribution in [-0.2, 0) is 11.8 Å². The van der Waals surface area contributed by atoms with E-state index in [9.17, 15) is 0 Å². The standard InChI is InChI=1S/C22H33NO/c1-4-20-22-13-7-6-12-21(22,15-16-23(20)5-2)18-9-8-10-19(24-3)17(18)11-14-22/h8-10,20H,4-7,11-16H2,1-3H3. The fourth-order valence-corrected chi connectivity index (χ4v) is 6.96. The van der Waals surface area contributed by atoms with Crippen molar-refractivity contribution in [3.8, 4) is 5.75 Å². The molecule has 2 nitrogen and oxygen atoms in total. The largest absolute Gasteiger partial charge is 0.496 e. The van der Waals surface area contributed by atoms with E-state index in [1.807, 2.05) is 7.11 Å². The third kappa shape index (κ3) is 1.98. The molecule has 2 aliphatic carbocycles. The molecule has 3 aliphatic rings. The number of ether oxygens (including phenoxy) is 1. The van der Waals surface area contributed by atoms with Crippen molar-refractivity contribution in [1.29, 1.82) is 0 Å². The van der Waals surface area contributed by atoms with Crippen molar-refractivity contribution < 1.29 is 4.74 Å². The van der Waals surface area contributed by atoms with Crippen LogP contribution in [0.3, 0.4) is 0 Å². The predicted molar refractivity (Wildman–Crippen MR) is 99.8 cm³/mol. The lowest BCUT2D eigenvalue weighted by molar-refractivity contribution is -0.0969. The van der Waals surface area contributed by atoms with Gasteiger partial charge in [0.15, 0.2) is 0 Å². The highest BCUT2D eigenvalue weighted by Gasteiger charge is 2.61. The molecular formula is C22H33NO. The van der Waals surface area contributed by atoms with E-state index in [0.29, 0.717) is 10.8 Å². The number of piperidine rings is 1. The van der Waals surface area contributed by atoms with Gasteiger partial charge < -0.3 is 9.64 Å². The van der Waals surface area contributed by atoms with Crippen LogP contribution in [0.15, 0.2) is 18.2 Å². The molecule has 0 aromatic heterocycles. The van der Waals surface area contributed by atoms with Crippen LogP contribution in [0.1, 0.15) is 69.9 Å². The molecule has 132 valence electrons. The lowest BCUT2D eigenvalue weighted by atomic mass is 9.43. The van der Waals surface area contributed by atoms with Crippen LogP contribution in [0.2, 0.25) is 0 Å². The monoisotopic (exact) mass is 327 g/mol. The van der Waals surface area contributed by atoms with Crippen LogP contribution in [0.5, 0.6) is 5.75 Å². The van der Waals surface area contributed by atoms with Gasteiger partial charge in [-0.3, -0.25) is 0 Å². The first-order chi connectivity index (χ1) is 11.7. The smallest absolute Gasteiger partial charge is 0.122 e. The number of hydrogen-bond donors (Lipinski definition) is 0. The fraction of sp³-hybridized carbons (Fsp3) is 0.727. The highest BCUT2D eigenvalue weighted by atomic mass is 16.5. The zero-order valence-corrected chi connectivity index (χ0v) is 15.7. The lowest BCUT2D eigenvalue weighted by Crippen LogP contribution is -2.66. The molecule has 1 aromatic carbocycles. The topological polar surface area (TPSA) is 12.5 Å². The number of likely N-dealkylation sites (tertiary alicyclic amines) is 1. The lowest BCUT2D eigenvalue weighted by Gasteiger charge is -2.66. The van der Waals surface area contributed by atoms with Crippen molar-refractivity contribution in [2.45, 2.75) is 76.7 Å². The van der Waals surface area contributed by atoms with Gasteiger partial charge in [0.1, 0.15) is 5.75 Å². The van der Waals surface area contributed by atoms with Crippen LogP contribution in [0, 0.1) is 5.41 Å². The molecule has 0 amide bonds. The first-order valence-corrected chi connectivity index (χ1v) is 10.1. The molecule has 3 atom stereocenters. The number of benzene rings is 1. The van der Waals surface area contributed by atoms with Gasteiger partial charge in [0.05, 0.1) is 7.11 Å². The quantitative estimate of drug-likeness (QED) is 0.779. The van der Waals surface area contributed by atoms with Gasteiger partial charge in [0.2, 0.25) is 0 Å². The molecule has 2 fully saturated rings. The van der Waals surface area contributed by atoms with E-state index in [-0.39, 0.29) is 0 Å². The molecule has 3 unspecified atom stereocenters. The van der Waals surface area contributed by atoms with Crippen LogP contribution >= 0.6 is 0 Å². The molecule has 0 bridgehead atoms. The Morgan fingerprint density at radius 1 is 1.12 bits per heavy atom. The van der Waals surface area contributed by atoms with E-state index >= 15 is 0 Å². The van der Waals surface area contributed by atoms with Crippen molar-refractivity contribution in [2.24, 2.45) is 5.41 Å². The maximum absolute atomic E-state index is 5.75. The Balaban J connectivity index is 1.90. The average molecular weight is 328 g/mol. The van der Waals surface area contributed by atoms with Crippen LogP contribution in [-0.4, -0.2) is 31.1 Å². The van der Waals surface area contributed by atoms with Gasteiger partial charge in [-0.05, 0) is 74.2 Å². The summed E-state index contributed by atoms with van der Waals surface area (Å²) in [6, 6.07) is 7.62. The summed E-state index contributed by atoms with van der Waals surface area (Å²) in [7, 11) is 1.84. The Morgan fingerprint density at radius 3 is 2.71 bits per heavy atom. The molecule has 0 spiro atoms. The SMILES string of the molecule is CCC1N(CC)CCC23CCCCC12CCc1c(OC)cccc13. The average Bonchev–Trinajstić information content (AvgIpc) is 2.65. The molecule has 1 aromatic rings. The van der Waals surface area contributed by atoms with Crippen molar-refractivity contribution in [3.05, 3.63) is 29.3 Å². The van der Waals surface area contributed by atoms with Crippen LogP contribution in [0.4, 0.5) is 0 Å². The number of nitrogens with zero attached hydrogens (tertiary/aromatic N) is 1. The molecule has 1 aliphatic heterocycles. The zero-order chi connectivity index (χ0) is 16.8. The van der Waals surface area contributed by atoms with E-state index in [1.54, 1.807) is 5.56 Å². The van der Waals surface area contributed by atoms with Gasteiger partial charge in [-0.25, -0.2) is 0 Å². The summed E-state index contributed by atoms with van der Waals surface area (Å²) >= 11 is 0. The van der Waals surface area contributed by atoms with Gasteiger partial charge in [-0.1, -0.05) is 38.8 Å². The number of rotatable bonds is 3. The van der Waals surface area contributed by atoms with Crippen molar-refractivity contribution in [3.63, 3.8) is 0 Å². The number of fused-ring (bicyclic) bond motifs is 1. The molecule has 2 heteroatoms. The molecule has 1 saturated carbocycles. The Hall–Kier alpha value is -1.02. The molecular weight excluding hydrogens is 294 g/mol. The van der Waals surface area contributed by atoms with Crippen molar-refractivity contribution in [2.75, 3.05) is 20.2 Å². The van der Waals surface area contributed by atoms with E-state index in [4.69, 9.17) is 4.74 Å². The third-order valence-electron chi connectivity index (χ3n) is 7.82. The number of hydrogen-bond acceptors (Lipinski definition) is 2. The third-order valence-corrected chi connectivity index (χ3v) is 7.82. The summed E-state index contributed by atoms with van der Waals surface area (Å²) in [4.78, 5) is 2.80. The summed E-state index contributed by atoms with van der Waals surface area (Å²) < 4.78 is 5.75. The minimum Gasteiger partial charge on any atom is -0.496 e. The van der Waals surface area contributed by atoms with E-state index in [2.05, 4.69) is 36.9 Å². The first-order valence-electron chi connectivity index (χ1n) is 10.1. The summed E-state index contributed by atoms with van der Waals surface area (Å²) in [5.74, 6) is 1.13. The second kappa shape index (κ2) is 6.05. The van der Waals surface area contributed by atoms with E-state index in [0.717, 1.165) is 11.8 Å². The number of methoxy groups -OCH3 is 1. The molecule has 24 heavy (non-hydrogen) atoms. The van der Waals surface area contributed by atoms with Crippen molar-refractivity contribution >= 4 is 0 Å².